The number of nitrogens with one attached hydrogen (secondary N) is 2. The predicted octanol–water partition coefficient (Wildman–Crippen LogP) is 2.37. The Morgan fingerprint density at radius 2 is 1.17 bits per heavy atom. The molecule has 0 saturated carbocycles. The van der Waals surface area contributed by atoms with E-state index in [2.05, 4.69) is 21.1 Å². The Bertz CT molecular complexity index is 648. The fraction of sp³-hybridized carbons (Fsp3) is 0.118. The molecule has 2 aromatic rings. The number of amides is 2. The van der Waals surface area contributed by atoms with Crippen molar-refractivity contribution in [2.24, 2.45) is 10.2 Å². The van der Waals surface area contributed by atoms with Crippen LogP contribution in [0.2, 0.25) is 0 Å². The van der Waals surface area contributed by atoms with Gasteiger partial charge < -0.3 is 9.47 Å². The standard InChI is InChI=1S/C17H18N4O3/c1-23-15-7-3-13(4-8-15)11-18-20-17(22)21-19-12-14-5-9-16(24-2)10-6-14/h3-12H,1-2H3,(H2,20,21,22)/b18-11-,19-12+. The number of rotatable bonds is 6. The van der Waals surface area contributed by atoms with Gasteiger partial charge in [-0.25, -0.2) is 15.6 Å². The molecule has 0 bridgehead atoms. The van der Waals surface area contributed by atoms with Crippen LogP contribution in [0.1, 0.15) is 11.1 Å². The minimum Gasteiger partial charge on any atom is -0.497 e. The summed E-state index contributed by atoms with van der Waals surface area (Å²) < 4.78 is 10.1. The lowest BCUT2D eigenvalue weighted by atomic mass is 10.2. The molecule has 0 saturated heterocycles. The summed E-state index contributed by atoms with van der Waals surface area (Å²) in [7, 11) is 3.20. The van der Waals surface area contributed by atoms with Gasteiger partial charge in [0.2, 0.25) is 0 Å². The highest BCUT2D eigenvalue weighted by molar-refractivity contribution is 5.83. The average Bonchev–Trinajstić information content (AvgIpc) is 2.63. The van der Waals surface area contributed by atoms with Crippen LogP contribution < -0.4 is 20.3 Å². The van der Waals surface area contributed by atoms with E-state index in [0.29, 0.717) is 0 Å². The first kappa shape index (κ1) is 17.0. The highest BCUT2D eigenvalue weighted by atomic mass is 16.5. The molecule has 0 aromatic heterocycles. The second kappa shape index (κ2) is 8.94. The predicted molar refractivity (Wildman–Crippen MR) is 92.8 cm³/mol. The number of nitrogens with zero attached hydrogens (tertiary/aromatic N) is 2. The van der Waals surface area contributed by atoms with Crippen molar-refractivity contribution in [3.8, 4) is 11.5 Å². The van der Waals surface area contributed by atoms with E-state index in [1.807, 2.05) is 24.3 Å². The van der Waals surface area contributed by atoms with E-state index >= 15 is 0 Å². The van der Waals surface area contributed by atoms with Crippen molar-refractivity contribution in [2.45, 2.75) is 0 Å². The van der Waals surface area contributed by atoms with Crippen LogP contribution in [-0.4, -0.2) is 32.7 Å². The molecule has 2 N–H and O–H groups in total. The lowest BCUT2D eigenvalue weighted by Crippen LogP contribution is -2.28. The van der Waals surface area contributed by atoms with Crippen LogP contribution in [0.3, 0.4) is 0 Å². The molecule has 0 aliphatic heterocycles. The van der Waals surface area contributed by atoms with Gasteiger partial charge in [-0.05, 0) is 59.7 Å². The van der Waals surface area contributed by atoms with Gasteiger partial charge in [0.05, 0.1) is 26.6 Å². The average molecular weight is 326 g/mol. The van der Waals surface area contributed by atoms with Gasteiger partial charge >= 0.3 is 6.03 Å². The number of carbonyl (C=O) groups excluding carboxylic acids is 1. The maximum Gasteiger partial charge on any atom is 0.355 e. The maximum atomic E-state index is 11.5. The van der Waals surface area contributed by atoms with Crippen LogP contribution in [0, 0.1) is 0 Å². The number of urea groups is 1. The molecule has 24 heavy (non-hydrogen) atoms. The third kappa shape index (κ3) is 5.45. The SMILES string of the molecule is COc1ccc(/C=N\NC(=O)N/N=C/c2ccc(OC)cc2)cc1. The molecular formula is C17H18N4O3. The fourth-order valence-electron chi connectivity index (χ4n) is 1.74. The largest absolute Gasteiger partial charge is 0.497 e. The number of hydrogen-bond donors (Lipinski definition) is 2. The Morgan fingerprint density at radius 3 is 1.50 bits per heavy atom. The summed E-state index contributed by atoms with van der Waals surface area (Å²) in [6, 6.07) is 14.0. The Kier molecular flexibility index (Phi) is 6.34. The number of methoxy groups -OCH3 is 2. The molecule has 0 radical (unpaired) electrons. The Balaban J connectivity index is 1.77. The molecule has 2 aromatic carbocycles. The van der Waals surface area contributed by atoms with Crippen molar-refractivity contribution in [2.75, 3.05) is 14.2 Å². The van der Waals surface area contributed by atoms with E-state index in [1.165, 1.54) is 12.4 Å². The van der Waals surface area contributed by atoms with Crippen molar-refractivity contribution in [3.63, 3.8) is 0 Å². The quantitative estimate of drug-likeness (QED) is 0.631. The molecule has 7 nitrogen and oxygen atoms in total. The lowest BCUT2D eigenvalue weighted by molar-refractivity contribution is 0.242. The smallest absolute Gasteiger partial charge is 0.355 e. The highest BCUT2D eigenvalue weighted by Crippen LogP contribution is 2.10. The van der Waals surface area contributed by atoms with Crippen molar-refractivity contribution >= 4 is 18.5 Å². The Labute approximate surface area is 140 Å². The molecule has 0 aliphatic carbocycles. The number of benzene rings is 2. The van der Waals surface area contributed by atoms with E-state index in [9.17, 15) is 4.79 Å². The number of ether oxygens (including phenoxy) is 2. The van der Waals surface area contributed by atoms with E-state index in [1.54, 1.807) is 38.5 Å². The van der Waals surface area contributed by atoms with Gasteiger partial charge in [0.1, 0.15) is 11.5 Å². The Hall–Kier alpha value is -3.35. The zero-order valence-corrected chi connectivity index (χ0v) is 13.4. The Morgan fingerprint density at radius 1 is 0.792 bits per heavy atom. The lowest BCUT2D eigenvalue weighted by Gasteiger charge is -2.00. The van der Waals surface area contributed by atoms with Crippen LogP contribution in [-0.2, 0) is 0 Å². The summed E-state index contributed by atoms with van der Waals surface area (Å²) in [5.74, 6) is 1.51. The van der Waals surface area contributed by atoms with Crippen LogP contribution in [0.25, 0.3) is 0 Å². The van der Waals surface area contributed by atoms with Gasteiger partial charge in [-0.3, -0.25) is 0 Å². The minimum atomic E-state index is -0.537. The molecule has 0 unspecified atom stereocenters. The second-order valence-electron chi connectivity index (χ2n) is 4.62. The van der Waals surface area contributed by atoms with E-state index in [4.69, 9.17) is 9.47 Å². The summed E-state index contributed by atoms with van der Waals surface area (Å²) in [6.07, 6.45) is 3.04. The molecule has 124 valence electrons. The third-order valence-corrected chi connectivity index (χ3v) is 2.99. The van der Waals surface area contributed by atoms with Crippen LogP contribution in [0.15, 0.2) is 58.7 Å². The molecule has 0 spiro atoms. The zero-order valence-electron chi connectivity index (χ0n) is 13.4. The normalized spacial score (nSPS) is 10.8. The summed E-state index contributed by atoms with van der Waals surface area (Å²) in [5, 5.41) is 7.65. The van der Waals surface area contributed by atoms with Gasteiger partial charge in [-0.15, -0.1) is 0 Å². The number of carbonyl (C=O) groups is 1. The van der Waals surface area contributed by atoms with Gasteiger partial charge in [0.25, 0.3) is 0 Å². The fourth-order valence-corrected chi connectivity index (χ4v) is 1.74. The summed E-state index contributed by atoms with van der Waals surface area (Å²) in [4.78, 5) is 11.5. The van der Waals surface area contributed by atoms with Gasteiger partial charge in [-0.2, -0.15) is 10.2 Å². The summed E-state index contributed by atoms with van der Waals surface area (Å²) in [5.41, 5.74) is 6.30. The van der Waals surface area contributed by atoms with Gasteiger partial charge in [-0.1, -0.05) is 0 Å². The first-order valence-electron chi connectivity index (χ1n) is 7.11. The third-order valence-electron chi connectivity index (χ3n) is 2.99. The molecule has 2 rings (SSSR count). The number of hydrazone groups is 2. The molecule has 0 atom stereocenters. The first-order chi connectivity index (χ1) is 11.7. The monoisotopic (exact) mass is 326 g/mol. The van der Waals surface area contributed by atoms with E-state index < -0.39 is 6.03 Å². The second-order valence-corrected chi connectivity index (χ2v) is 4.62. The van der Waals surface area contributed by atoms with Crippen LogP contribution >= 0.6 is 0 Å². The zero-order chi connectivity index (χ0) is 17.2. The highest BCUT2D eigenvalue weighted by Gasteiger charge is 1.95. The van der Waals surface area contributed by atoms with Crippen molar-refractivity contribution < 1.29 is 14.3 Å². The first-order valence-corrected chi connectivity index (χ1v) is 7.11. The van der Waals surface area contributed by atoms with Gasteiger partial charge in [0.15, 0.2) is 0 Å². The summed E-state index contributed by atoms with van der Waals surface area (Å²) >= 11 is 0. The van der Waals surface area contributed by atoms with E-state index in [0.717, 1.165) is 22.6 Å². The number of hydrogen-bond acceptors (Lipinski definition) is 5. The van der Waals surface area contributed by atoms with Crippen molar-refractivity contribution in [3.05, 3.63) is 59.7 Å². The van der Waals surface area contributed by atoms with Crippen LogP contribution in [0.4, 0.5) is 4.79 Å². The summed E-state index contributed by atoms with van der Waals surface area (Å²) in [6.45, 7) is 0. The molecule has 0 aliphatic rings. The van der Waals surface area contributed by atoms with Crippen LogP contribution in [0.5, 0.6) is 11.5 Å². The maximum absolute atomic E-state index is 11.5. The van der Waals surface area contributed by atoms with Gasteiger partial charge in [0, 0.05) is 0 Å². The van der Waals surface area contributed by atoms with Crippen molar-refractivity contribution in [1.82, 2.24) is 10.9 Å². The molecule has 2 amide bonds. The molecule has 0 fully saturated rings. The molecular weight excluding hydrogens is 308 g/mol. The van der Waals surface area contributed by atoms with Crippen molar-refractivity contribution in [1.29, 1.82) is 0 Å². The topological polar surface area (TPSA) is 84.3 Å². The molecule has 0 heterocycles. The van der Waals surface area contributed by atoms with E-state index in [-0.39, 0.29) is 0 Å². The minimum absolute atomic E-state index is 0.537. The molecule has 7 heteroatoms.